The number of ether oxygens (including phenoxy) is 1. The summed E-state index contributed by atoms with van der Waals surface area (Å²) >= 11 is 0. The Balaban J connectivity index is 1.79. The molecule has 5 heteroatoms. The van der Waals surface area contributed by atoms with Crippen molar-refractivity contribution in [3.05, 3.63) is 29.6 Å². The molecule has 2 N–H and O–H groups in total. The van der Waals surface area contributed by atoms with E-state index in [9.17, 15) is 4.79 Å². The van der Waals surface area contributed by atoms with Gasteiger partial charge in [-0.05, 0) is 18.1 Å². The molecule has 0 aliphatic carbocycles. The molecule has 1 amide bonds. The van der Waals surface area contributed by atoms with Gasteiger partial charge in [-0.3, -0.25) is 9.78 Å². The van der Waals surface area contributed by atoms with Gasteiger partial charge < -0.3 is 15.4 Å². The first-order valence-corrected chi connectivity index (χ1v) is 6.80. The molecule has 0 aromatic carbocycles. The van der Waals surface area contributed by atoms with Crippen molar-refractivity contribution in [3.63, 3.8) is 0 Å². The molecule has 1 aliphatic heterocycles. The molecule has 0 spiro atoms. The van der Waals surface area contributed by atoms with Crippen molar-refractivity contribution >= 4 is 5.91 Å². The second-order valence-corrected chi connectivity index (χ2v) is 4.67. The number of rotatable bonds is 5. The van der Waals surface area contributed by atoms with Crippen molar-refractivity contribution < 1.29 is 9.53 Å². The van der Waals surface area contributed by atoms with Crippen LogP contribution in [0.4, 0.5) is 0 Å². The number of carbonyl (C=O) groups excluding carboxylic acids is 1. The number of nitrogens with zero attached hydrogens (tertiary/aromatic N) is 1. The average Bonchev–Trinajstić information content (AvgIpc) is 2.46. The minimum Gasteiger partial charge on any atom is -0.378 e. The number of hydrogen-bond acceptors (Lipinski definition) is 4. The second kappa shape index (κ2) is 7.21. The molecule has 1 fully saturated rings. The molecule has 1 aromatic rings. The van der Waals surface area contributed by atoms with Gasteiger partial charge >= 0.3 is 0 Å². The van der Waals surface area contributed by atoms with E-state index in [0.29, 0.717) is 19.6 Å². The van der Waals surface area contributed by atoms with Crippen LogP contribution in [0, 0.1) is 0 Å². The summed E-state index contributed by atoms with van der Waals surface area (Å²) in [6.07, 6.45) is 3.14. The number of amides is 1. The van der Waals surface area contributed by atoms with Gasteiger partial charge in [-0.1, -0.05) is 13.0 Å². The van der Waals surface area contributed by atoms with Crippen LogP contribution in [0.3, 0.4) is 0 Å². The largest absolute Gasteiger partial charge is 0.378 e. The highest BCUT2D eigenvalue weighted by Gasteiger charge is 2.16. The molecule has 104 valence electrons. The summed E-state index contributed by atoms with van der Waals surface area (Å²) in [7, 11) is 0. The fourth-order valence-corrected chi connectivity index (χ4v) is 2.18. The SMILES string of the molecule is CCc1cccnc1CNC(=O)CC1COCCN1. The van der Waals surface area contributed by atoms with Crippen molar-refractivity contribution in [2.75, 3.05) is 19.8 Å². The van der Waals surface area contributed by atoms with Crippen molar-refractivity contribution in [1.29, 1.82) is 0 Å². The van der Waals surface area contributed by atoms with E-state index in [2.05, 4.69) is 22.5 Å². The Hall–Kier alpha value is -1.46. The number of hydrogen-bond donors (Lipinski definition) is 2. The number of nitrogens with one attached hydrogen (secondary N) is 2. The lowest BCUT2D eigenvalue weighted by molar-refractivity contribution is -0.122. The average molecular weight is 263 g/mol. The summed E-state index contributed by atoms with van der Waals surface area (Å²) in [5.74, 6) is 0.0377. The molecule has 5 nitrogen and oxygen atoms in total. The third-order valence-corrected chi connectivity index (χ3v) is 3.25. The highest BCUT2D eigenvalue weighted by molar-refractivity contribution is 5.76. The van der Waals surface area contributed by atoms with E-state index in [1.807, 2.05) is 12.1 Å². The maximum Gasteiger partial charge on any atom is 0.221 e. The first-order valence-electron chi connectivity index (χ1n) is 6.80. The fraction of sp³-hybridized carbons (Fsp3) is 0.571. The van der Waals surface area contributed by atoms with Crippen molar-refractivity contribution in [2.24, 2.45) is 0 Å². The number of aryl methyl sites for hydroxylation is 1. The molecule has 2 heterocycles. The lowest BCUT2D eigenvalue weighted by Gasteiger charge is -2.23. The third-order valence-electron chi connectivity index (χ3n) is 3.25. The van der Waals surface area contributed by atoms with Gasteiger partial charge in [0.15, 0.2) is 0 Å². The van der Waals surface area contributed by atoms with Crippen LogP contribution in [-0.2, 0) is 22.5 Å². The molecule has 0 bridgehead atoms. The topological polar surface area (TPSA) is 63.2 Å². The van der Waals surface area contributed by atoms with Crippen LogP contribution < -0.4 is 10.6 Å². The number of pyridine rings is 1. The number of aromatic nitrogens is 1. The third kappa shape index (κ3) is 4.29. The zero-order chi connectivity index (χ0) is 13.5. The van der Waals surface area contributed by atoms with Gasteiger partial charge in [0.2, 0.25) is 5.91 Å². The first kappa shape index (κ1) is 14.0. The molecule has 1 unspecified atom stereocenters. The van der Waals surface area contributed by atoms with E-state index < -0.39 is 0 Å². The molecule has 1 aromatic heterocycles. The normalized spacial score (nSPS) is 19.1. The molecule has 0 saturated carbocycles. The van der Waals surface area contributed by atoms with E-state index in [1.54, 1.807) is 6.20 Å². The lowest BCUT2D eigenvalue weighted by atomic mass is 10.1. The molecular weight excluding hydrogens is 242 g/mol. The van der Waals surface area contributed by atoms with Crippen LogP contribution in [-0.4, -0.2) is 36.7 Å². The predicted octanol–water partition coefficient (Wildman–Crippen LogP) is 0.639. The van der Waals surface area contributed by atoms with E-state index in [4.69, 9.17) is 4.74 Å². The Morgan fingerprint density at radius 3 is 3.26 bits per heavy atom. The van der Waals surface area contributed by atoms with Crippen LogP contribution in [0.25, 0.3) is 0 Å². The summed E-state index contributed by atoms with van der Waals surface area (Å²) in [4.78, 5) is 16.2. The first-order chi connectivity index (χ1) is 9.29. The summed E-state index contributed by atoms with van der Waals surface area (Å²) in [5, 5.41) is 6.19. The zero-order valence-electron chi connectivity index (χ0n) is 11.3. The van der Waals surface area contributed by atoms with E-state index in [0.717, 1.165) is 25.3 Å². The molecule has 1 aliphatic rings. The fourth-order valence-electron chi connectivity index (χ4n) is 2.18. The Labute approximate surface area is 113 Å². The summed E-state index contributed by atoms with van der Waals surface area (Å²) in [6, 6.07) is 4.10. The van der Waals surface area contributed by atoms with Gasteiger partial charge in [0.05, 0.1) is 25.5 Å². The highest BCUT2D eigenvalue weighted by atomic mass is 16.5. The Kier molecular flexibility index (Phi) is 5.30. The minimum absolute atomic E-state index is 0.0377. The molecule has 2 rings (SSSR count). The molecular formula is C14H21N3O2. The van der Waals surface area contributed by atoms with Gasteiger partial charge in [0, 0.05) is 25.2 Å². The van der Waals surface area contributed by atoms with Gasteiger partial charge in [-0.2, -0.15) is 0 Å². The Morgan fingerprint density at radius 1 is 1.63 bits per heavy atom. The van der Waals surface area contributed by atoms with Crippen LogP contribution in [0.2, 0.25) is 0 Å². The van der Waals surface area contributed by atoms with Crippen molar-refractivity contribution in [1.82, 2.24) is 15.6 Å². The van der Waals surface area contributed by atoms with Crippen molar-refractivity contribution in [2.45, 2.75) is 32.4 Å². The quantitative estimate of drug-likeness (QED) is 0.818. The van der Waals surface area contributed by atoms with E-state index >= 15 is 0 Å². The second-order valence-electron chi connectivity index (χ2n) is 4.67. The summed E-state index contributed by atoms with van der Waals surface area (Å²) in [6.45, 7) is 4.74. The summed E-state index contributed by atoms with van der Waals surface area (Å²) in [5.41, 5.74) is 2.13. The Bertz CT molecular complexity index is 417. The lowest BCUT2D eigenvalue weighted by Crippen LogP contribution is -2.44. The highest BCUT2D eigenvalue weighted by Crippen LogP contribution is 2.06. The van der Waals surface area contributed by atoms with Gasteiger partial charge in [-0.25, -0.2) is 0 Å². The van der Waals surface area contributed by atoms with E-state index in [-0.39, 0.29) is 11.9 Å². The standard InChI is InChI=1S/C14H21N3O2/c1-2-11-4-3-5-16-13(11)9-17-14(18)8-12-10-19-7-6-15-12/h3-5,12,15H,2,6-10H2,1H3,(H,17,18). The predicted molar refractivity (Wildman–Crippen MR) is 72.7 cm³/mol. The van der Waals surface area contributed by atoms with Gasteiger partial charge in [0.25, 0.3) is 0 Å². The minimum atomic E-state index is 0.0377. The van der Waals surface area contributed by atoms with Crippen molar-refractivity contribution in [3.8, 4) is 0 Å². The number of carbonyl (C=O) groups is 1. The molecule has 19 heavy (non-hydrogen) atoms. The Morgan fingerprint density at radius 2 is 2.53 bits per heavy atom. The van der Waals surface area contributed by atoms with Crippen LogP contribution in [0.1, 0.15) is 24.6 Å². The zero-order valence-corrected chi connectivity index (χ0v) is 11.3. The van der Waals surface area contributed by atoms with Crippen LogP contribution in [0.15, 0.2) is 18.3 Å². The molecule has 1 atom stereocenters. The van der Waals surface area contributed by atoms with E-state index in [1.165, 1.54) is 5.56 Å². The smallest absolute Gasteiger partial charge is 0.221 e. The number of morpholine rings is 1. The van der Waals surface area contributed by atoms with Crippen LogP contribution in [0.5, 0.6) is 0 Å². The van der Waals surface area contributed by atoms with Gasteiger partial charge in [-0.15, -0.1) is 0 Å². The van der Waals surface area contributed by atoms with Crippen LogP contribution >= 0.6 is 0 Å². The molecule has 0 radical (unpaired) electrons. The maximum absolute atomic E-state index is 11.8. The monoisotopic (exact) mass is 263 g/mol. The summed E-state index contributed by atoms with van der Waals surface area (Å²) < 4.78 is 5.33. The maximum atomic E-state index is 11.8. The van der Waals surface area contributed by atoms with Gasteiger partial charge in [0.1, 0.15) is 0 Å². The molecule has 1 saturated heterocycles.